The summed E-state index contributed by atoms with van der Waals surface area (Å²) in [5.41, 5.74) is 9.48. The highest BCUT2D eigenvalue weighted by Crippen LogP contribution is 2.28. The molecule has 2 heterocycles. The number of amides is 2. The molecule has 40 heavy (non-hydrogen) atoms. The number of rotatable bonds is 6. The van der Waals surface area contributed by atoms with Crippen LogP contribution in [0.1, 0.15) is 20.7 Å². The fourth-order valence-electron chi connectivity index (χ4n) is 4.78. The van der Waals surface area contributed by atoms with E-state index in [0.717, 1.165) is 31.9 Å². The number of piperazine rings is 1. The molecule has 0 spiro atoms. The lowest BCUT2D eigenvalue weighted by molar-refractivity contribution is 0.0497. The molecule has 4 N–H and O–H groups in total. The zero-order valence-corrected chi connectivity index (χ0v) is 23.0. The van der Waals surface area contributed by atoms with Gasteiger partial charge in [-0.3, -0.25) is 9.59 Å². The van der Waals surface area contributed by atoms with Crippen LogP contribution >= 0.6 is 11.6 Å². The number of likely N-dealkylation sites (N-methyl/N-ethyl adjacent to an activating group) is 1. The quantitative estimate of drug-likeness (QED) is 0.302. The van der Waals surface area contributed by atoms with Crippen LogP contribution in [0.2, 0.25) is 5.02 Å². The van der Waals surface area contributed by atoms with Crippen molar-refractivity contribution in [1.29, 1.82) is 0 Å². The molecular weight excluding hydrogens is 535 g/mol. The predicted molar refractivity (Wildman–Crippen MR) is 157 cm³/mol. The largest absolute Gasteiger partial charge is 0.398 e. The van der Waals surface area contributed by atoms with Gasteiger partial charge in [0.15, 0.2) is 6.30 Å². The summed E-state index contributed by atoms with van der Waals surface area (Å²) in [6.07, 6.45) is -1.25. The molecule has 1 unspecified atom stereocenters. The predicted octanol–water partition coefficient (Wildman–Crippen LogP) is 4.31. The van der Waals surface area contributed by atoms with Crippen molar-refractivity contribution >= 4 is 51.9 Å². The monoisotopic (exact) mass is 566 g/mol. The summed E-state index contributed by atoms with van der Waals surface area (Å²) in [4.78, 5) is 32.4. The third-order valence-electron chi connectivity index (χ3n) is 7.13. The van der Waals surface area contributed by atoms with E-state index in [1.807, 2.05) is 6.07 Å². The maximum atomic E-state index is 14.3. The van der Waals surface area contributed by atoms with Crippen LogP contribution in [0.4, 0.5) is 32.8 Å². The number of carbonyl (C=O) groups is 2. The van der Waals surface area contributed by atoms with Crippen molar-refractivity contribution in [1.82, 2.24) is 4.90 Å². The average molecular weight is 567 g/mol. The van der Waals surface area contributed by atoms with Gasteiger partial charge in [0, 0.05) is 61.0 Å². The molecule has 3 aromatic carbocycles. The molecule has 2 aliphatic rings. The van der Waals surface area contributed by atoms with E-state index in [2.05, 4.69) is 27.5 Å². The Labute approximate surface area is 237 Å². The van der Waals surface area contributed by atoms with Gasteiger partial charge in [-0.25, -0.2) is 4.39 Å². The zero-order chi connectivity index (χ0) is 28.2. The molecule has 2 saturated heterocycles. The van der Waals surface area contributed by atoms with Crippen LogP contribution in [0.5, 0.6) is 0 Å². The van der Waals surface area contributed by atoms with Crippen LogP contribution in [-0.4, -0.2) is 76.0 Å². The Morgan fingerprint density at radius 1 is 0.950 bits per heavy atom. The molecule has 0 bridgehead atoms. The highest BCUT2D eigenvalue weighted by molar-refractivity contribution is 6.34. The van der Waals surface area contributed by atoms with Crippen LogP contribution in [0, 0.1) is 0 Å². The van der Waals surface area contributed by atoms with Crippen LogP contribution in [0.25, 0.3) is 0 Å². The van der Waals surface area contributed by atoms with Gasteiger partial charge in [0.25, 0.3) is 11.8 Å². The summed E-state index contributed by atoms with van der Waals surface area (Å²) in [7, 11) is 2.08. The SMILES string of the molecule is CN1CCN(c2ccc(N)c(C(=O)Nc3cc(C(=O)Nc4cccc(N5CCOCC5F)c4)ccc3Cl)c2)CC1. The summed E-state index contributed by atoms with van der Waals surface area (Å²) in [6, 6.07) is 17.0. The molecule has 2 fully saturated rings. The van der Waals surface area contributed by atoms with Gasteiger partial charge in [-0.2, -0.15) is 0 Å². The van der Waals surface area contributed by atoms with Gasteiger partial charge >= 0.3 is 0 Å². The van der Waals surface area contributed by atoms with E-state index in [1.165, 1.54) is 6.07 Å². The van der Waals surface area contributed by atoms with Gasteiger partial charge in [0.1, 0.15) is 0 Å². The fourth-order valence-corrected chi connectivity index (χ4v) is 4.95. The topological polar surface area (TPSA) is 103 Å². The Morgan fingerprint density at radius 2 is 1.75 bits per heavy atom. The Morgan fingerprint density at radius 3 is 2.52 bits per heavy atom. The standard InChI is InChI=1S/C29H32ClFN6O3/c1-35-9-11-36(12-10-35)21-6-8-25(32)23(17-21)29(39)34-26-15-19(5-7-24(26)30)28(38)33-20-3-2-4-22(16-20)37-13-14-40-18-27(37)31/h2-8,15-17,27H,9-14,18,32H2,1H3,(H,33,38)(H,34,39). The summed E-state index contributed by atoms with van der Waals surface area (Å²) in [5.74, 6) is -0.827. The molecule has 0 saturated carbocycles. The minimum Gasteiger partial charge on any atom is -0.398 e. The maximum Gasteiger partial charge on any atom is 0.257 e. The lowest BCUT2D eigenvalue weighted by Gasteiger charge is -2.34. The van der Waals surface area contributed by atoms with Gasteiger partial charge in [0.2, 0.25) is 0 Å². The number of anilines is 5. The number of morpholine rings is 1. The first-order chi connectivity index (χ1) is 19.3. The summed E-state index contributed by atoms with van der Waals surface area (Å²) >= 11 is 6.38. The van der Waals surface area contributed by atoms with Crippen LogP contribution in [0.3, 0.4) is 0 Å². The molecular formula is C29H32ClFN6O3. The van der Waals surface area contributed by atoms with Crippen molar-refractivity contribution in [3.05, 3.63) is 76.8 Å². The second-order valence-electron chi connectivity index (χ2n) is 9.92. The molecule has 9 nitrogen and oxygen atoms in total. The van der Waals surface area contributed by atoms with E-state index in [0.29, 0.717) is 41.3 Å². The van der Waals surface area contributed by atoms with E-state index >= 15 is 0 Å². The molecule has 210 valence electrons. The van der Waals surface area contributed by atoms with Gasteiger partial charge < -0.3 is 35.8 Å². The van der Waals surface area contributed by atoms with Crippen molar-refractivity contribution in [2.75, 3.05) is 79.2 Å². The number of nitrogens with zero attached hydrogens (tertiary/aromatic N) is 3. The molecule has 3 aromatic rings. The van der Waals surface area contributed by atoms with E-state index in [4.69, 9.17) is 22.1 Å². The number of benzene rings is 3. The van der Waals surface area contributed by atoms with Crippen molar-refractivity contribution in [3.8, 4) is 0 Å². The Hall–Kier alpha value is -3.86. The summed E-state index contributed by atoms with van der Waals surface area (Å²) in [5, 5.41) is 5.92. The third-order valence-corrected chi connectivity index (χ3v) is 7.46. The first-order valence-electron chi connectivity index (χ1n) is 13.1. The van der Waals surface area contributed by atoms with Crippen molar-refractivity contribution in [2.24, 2.45) is 0 Å². The molecule has 1 atom stereocenters. The molecule has 11 heteroatoms. The number of carbonyl (C=O) groups excluding carboxylic acids is 2. The number of hydrogen-bond donors (Lipinski definition) is 3. The minimum atomic E-state index is -1.25. The smallest absolute Gasteiger partial charge is 0.257 e. The zero-order valence-electron chi connectivity index (χ0n) is 22.2. The number of nitrogen functional groups attached to an aromatic ring is 1. The second-order valence-corrected chi connectivity index (χ2v) is 10.3. The van der Waals surface area contributed by atoms with Gasteiger partial charge in [-0.05, 0) is 61.6 Å². The van der Waals surface area contributed by atoms with E-state index in [9.17, 15) is 14.0 Å². The third kappa shape index (κ3) is 6.30. The van der Waals surface area contributed by atoms with Crippen LogP contribution < -0.4 is 26.2 Å². The van der Waals surface area contributed by atoms with E-state index in [-0.39, 0.29) is 17.3 Å². The average Bonchev–Trinajstić information content (AvgIpc) is 2.95. The number of nitrogens with two attached hydrogens (primary N) is 1. The van der Waals surface area contributed by atoms with Gasteiger partial charge in [0.05, 0.1) is 29.5 Å². The summed E-state index contributed by atoms with van der Waals surface area (Å²) < 4.78 is 19.5. The molecule has 0 radical (unpaired) electrons. The molecule has 2 aliphatic heterocycles. The molecule has 0 aromatic heterocycles. The first kappa shape index (κ1) is 27.7. The van der Waals surface area contributed by atoms with Crippen LogP contribution in [0.15, 0.2) is 60.7 Å². The minimum absolute atomic E-state index is 0.00164. The highest BCUT2D eigenvalue weighted by atomic mass is 35.5. The van der Waals surface area contributed by atoms with Crippen molar-refractivity contribution in [2.45, 2.75) is 6.30 Å². The number of nitrogens with one attached hydrogen (secondary N) is 2. The lowest BCUT2D eigenvalue weighted by atomic mass is 10.1. The Kier molecular flexibility index (Phi) is 8.39. The number of ether oxygens (including phenoxy) is 1. The number of alkyl halides is 1. The van der Waals surface area contributed by atoms with Crippen molar-refractivity contribution < 1.29 is 18.7 Å². The first-order valence-corrected chi connectivity index (χ1v) is 13.5. The lowest BCUT2D eigenvalue weighted by Crippen LogP contribution is -2.44. The Bertz CT molecular complexity index is 1400. The maximum absolute atomic E-state index is 14.3. The number of halogens is 2. The molecule has 2 amide bonds. The molecule has 0 aliphatic carbocycles. The Balaban J connectivity index is 1.29. The van der Waals surface area contributed by atoms with Crippen LogP contribution in [-0.2, 0) is 4.74 Å². The van der Waals surface area contributed by atoms with Crippen molar-refractivity contribution in [3.63, 3.8) is 0 Å². The molecule has 5 rings (SSSR count). The van der Waals surface area contributed by atoms with E-state index in [1.54, 1.807) is 53.4 Å². The number of hydrogen-bond acceptors (Lipinski definition) is 7. The van der Waals surface area contributed by atoms with E-state index < -0.39 is 18.1 Å². The van der Waals surface area contributed by atoms with Gasteiger partial charge in [-0.15, -0.1) is 0 Å². The fraction of sp³-hybridized carbons (Fsp3) is 0.310. The highest BCUT2D eigenvalue weighted by Gasteiger charge is 2.23. The van der Waals surface area contributed by atoms with Gasteiger partial charge in [-0.1, -0.05) is 17.7 Å². The second kappa shape index (κ2) is 12.1. The summed E-state index contributed by atoms with van der Waals surface area (Å²) in [6.45, 7) is 4.43. The normalized spacial score (nSPS) is 17.9.